The summed E-state index contributed by atoms with van der Waals surface area (Å²) in [6, 6.07) is 9.69. The first-order valence-corrected chi connectivity index (χ1v) is 6.62. The Labute approximate surface area is 124 Å². The molecule has 0 N–H and O–H groups in total. The van der Waals surface area contributed by atoms with Gasteiger partial charge in [-0.2, -0.15) is 4.98 Å². The molecule has 4 rings (SSSR count). The zero-order chi connectivity index (χ0) is 15.1. The molecule has 0 aliphatic heterocycles. The Hall–Kier alpha value is -3.09. The summed E-state index contributed by atoms with van der Waals surface area (Å²) in [6.45, 7) is 1.86. The highest BCUT2D eigenvalue weighted by Crippen LogP contribution is 2.23. The van der Waals surface area contributed by atoms with Gasteiger partial charge in [-0.1, -0.05) is 11.2 Å². The van der Waals surface area contributed by atoms with Crippen LogP contribution in [0.25, 0.3) is 28.5 Å². The van der Waals surface area contributed by atoms with E-state index in [1.165, 1.54) is 12.1 Å². The molecule has 3 heterocycles. The SMILES string of the molecule is Cc1nnc2ccc(-c3noc(-c4cccc(F)c4)n3)cn12. The van der Waals surface area contributed by atoms with Crippen molar-refractivity contribution in [2.75, 3.05) is 0 Å². The molecule has 0 spiro atoms. The predicted octanol–water partition coefficient (Wildman–Crippen LogP) is 2.89. The maximum atomic E-state index is 13.3. The van der Waals surface area contributed by atoms with Gasteiger partial charge in [-0.15, -0.1) is 10.2 Å². The monoisotopic (exact) mass is 295 g/mol. The van der Waals surface area contributed by atoms with E-state index in [0.717, 1.165) is 17.0 Å². The molecule has 3 aromatic heterocycles. The Morgan fingerprint density at radius 2 is 2.00 bits per heavy atom. The summed E-state index contributed by atoms with van der Waals surface area (Å²) in [5, 5.41) is 12.0. The fourth-order valence-electron chi connectivity index (χ4n) is 2.22. The third-order valence-corrected chi connectivity index (χ3v) is 3.33. The van der Waals surface area contributed by atoms with Crippen molar-refractivity contribution in [3.63, 3.8) is 0 Å². The molecule has 0 amide bonds. The minimum atomic E-state index is -0.348. The highest BCUT2D eigenvalue weighted by Gasteiger charge is 2.12. The first kappa shape index (κ1) is 12.6. The predicted molar refractivity (Wildman–Crippen MR) is 76.4 cm³/mol. The van der Waals surface area contributed by atoms with Gasteiger partial charge in [-0.25, -0.2) is 4.39 Å². The highest BCUT2D eigenvalue weighted by atomic mass is 19.1. The van der Waals surface area contributed by atoms with Crippen LogP contribution < -0.4 is 0 Å². The van der Waals surface area contributed by atoms with Crippen LogP contribution in [0.2, 0.25) is 0 Å². The fourth-order valence-corrected chi connectivity index (χ4v) is 2.22. The Bertz CT molecular complexity index is 975. The van der Waals surface area contributed by atoms with Crippen LogP contribution in [-0.4, -0.2) is 24.7 Å². The Morgan fingerprint density at radius 3 is 2.86 bits per heavy atom. The lowest BCUT2D eigenvalue weighted by molar-refractivity contribution is 0.432. The zero-order valence-corrected chi connectivity index (χ0v) is 11.6. The number of pyridine rings is 1. The molecule has 6 nitrogen and oxygen atoms in total. The van der Waals surface area contributed by atoms with Crippen LogP contribution in [0.5, 0.6) is 0 Å². The molecular formula is C15H10FN5O. The minimum Gasteiger partial charge on any atom is -0.334 e. The third-order valence-electron chi connectivity index (χ3n) is 3.33. The van der Waals surface area contributed by atoms with Crippen LogP contribution >= 0.6 is 0 Å². The lowest BCUT2D eigenvalue weighted by Gasteiger charge is -1.97. The van der Waals surface area contributed by atoms with Crippen molar-refractivity contribution >= 4 is 5.65 Å². The number of hydrogen-bond acceptors (Lipinski definition) is 5. The molecule has 0 atom stereocenters. The van der Waals surface area contributed by atoms with Crippen LogP contribution in [0.3, 0.4) is 0 Å². The smallest absolute Gasteiger partial charge is 0.258 e. The van der Waals surface area contributed by atoms with Crippen molar-refractivity contribution in [3.8, 4) is 22.8 Å². The van der Waals surface area contributed by atoms with Crippen molar-refractivity contribution in [1.29, 1.82) is 0 Å². The van der Waals surface area contributed by atoms with Gasteiger partial charge in [0.05, 0.1) is 0 Å². The van der Waals surface area contributed by atoms with Gasteiger partial charge >= 0.3 is 0 Å². The van der Waals surface area contributed by atoms with Crippen LogP contribution in [0, 0.1) is 12.7 Å². The maximum absolute atomic E-state index is 13.3. The van der Waals surface area contributed by atoms with E-state index >= 15 is 0 Å². The lowest BCUT2D eigenvalue weighted by Crippen LogP contribution is -1.90. The van der Waals surface area contributed by atoms with Crippen LogP contribution in [0.1, 0.15) is 5.82 Å². The fraction of sp³-hybridized carbons (Fsp3) is 0.0667. The molecule has 0 saturated heterocycles. The van der Waals surface area contributed by atoms with E-state index in [1.54, 1.807) is 12.1 Å². The number of benzene rings is 1. The van der Waals surface area contributed by atoms with E-state index < -0.39 is 0 Å². The largest absolute Gasteiger partial charge is 0.334 e. The summed E-state index contributed by atoms with van der Waals surface area (Å²) in [5.41, 5.74) is 2.05. The number of fused-ring (bicyclic) bond motifs is 1. The molecule has 4 aromatic rings. The van der Waals surface area contributed by atoms with Gasteiger partial charge in [0.15, 0.2) is 5.65 Å². The van der Waals surface area contributed by atoms with Crippen molar-refractivity contribution in [2.24, 2.45) is 0 Å². The van der Waals surface area contributed by atoms with E-state index in [1.807, 2.05) is 29.7 Å². The lowest BCUT2D eigenvalue weighted by atomic mass is 10.2. The third kappa shape index (κ3) is 2.03. The van der Waals surface area contributed by atoms with E-state index in [9.17, 15) is 4.39 Å². The molecule has 0 radical (unpaired) electrons. The molecule has 0 aliphatic rings. The van der Waals surface area contributed by atoms with Gasteiger partial charge in [-0.3, -0.25) is 4.40 Å². The summed E-state index contributed by atoms with van der Waals surface area (Å²) in [7, 11) is 0. The zero-order valence-electron chi connectivity index (χ0n) is 11.6. The standard InChI is InChI=1S/C15H10FN5O/c1-9-18-19-13-6-5-11(8-21(9)13)14-17-15(22-20-14)10-3-2-4-12(16)7-10/h2-8H,1H3. The molecule has 22 heavy (non-hydrogen) atoms. The van der Waals surface area contributed by atoms with Crippen molar-refractivity contribution in [3.05, 3.63) is 54.2 Å². The topological polar surface area (TPSA) is 69.1 Å². The van der Waals surface area contributed by atoms with Crippen molar-refractivity contribution < 1.29 is 8.91 Å². The second-order valence-electron chi connectivity index (χ2n) is 4.83. The molecule has 1 aromatic carbocycles. The highest BCUT2D eigenvalue weighted by molar-refractivity contribution is 5.61. The Morgan fingerprint density at radius 1 is 1.09 bits per heavy atom. The molecule has 108 valence electrons. The van der Waals surface area contributed by atoms with Gasteiger partial charge in [0, 0.05) is 17.3 Å². The van der Waals surface area contributed by atoms with E-state index in [-0.39, 0.29) is 11.7 Å². The summed E-state index contributed by atoms with van der Waals surface area (Å²) >= 11 is 0. The molecule has 0 saturated carbocycles. The summed E-state index contributed by atoms with van der Waals surface area (Å²) < 4.78 is 20.3. The molecule has 7 heteroatoms. The first-order chi connectivity index (χ1) is 10.7. The molecule has 0 bridgehead atoms. The summed E-state index contributed by atoms with van der Waals surface area (Å²) in [6.07, 6.45) is 1.84. The van der Waals surface area contributed by atoms with Crippen molar-refractivity contribution in [2.45, 2.75) is 6.92 Å². The Kier molecular flexibility index (Phi) is 2.72. The van der Waals surface area contributed by atoms with E-state index in [2.05, 4.69) is 20.3 Å². The average molecular weight is 295 g/mol. The molecular weight excluding hydrogens is 285 g/mol. The van der Waals surface area contributed by atoms with Crippen LogP contribution in [-0.2, 0) is 0 Å². The number of hydrogen-bond donors (Lipinski definition) is 0. The van der Waals surface area contributed by atoms with Crippen molar-refractivity contribution in [1.82, 2.24) is 24.7 Å². The molecule has 0 unspecified atom stereocenters. The van der Waals surface area contributed by atoms with Gasteiger partial charge in [0.1, 0.15) is 11.6 Å². The minimum absolute atomic E-state index is 0.273. The number of aromatic nitrogens is 5. The van der Waals surface area contributed by atoms with E-state index in [0.29, 0.717) is 11.4 Å². The quantitative estimate of drug-likeness (QED) is 0.568. The van der Waals surface area contributed by atoms with Gasteiger partial charge in [0.25, 0.3) is 5.89 Å². The van der Waals surface area contributed by atoms with Gasteiger partial charge in [0.2, 0.25) is 5.82 Å². The van der Waals surface area contributed by atoms with Crippen LogP contribution in [0.15, 0.2) is 47.1 Å². The summed E-state index contributed by atoms with van der Waals surface area (Å²) in [4.78, 5) is 4.31. The normalized spacial score (nSPS) is 11.2. The average Bonchev–Trinajstić information content (AvgIpc) is 3.15. The number of rotatable bonds is 2. The molecule has 0 aliphatic carbocycles. The first-order valence-electron chi connectivity index (χ1n) is 6.62. The Balaban J connectivity index is 1.77. The number of halogens is 1. The number of aryl methyl sites for hydroxylation is 1. The maximum Gasteiger partial charge on any atom is 0.258 e. The summed E-state index contributed by atoms with van der Waals surface area (Å²) in [5.74, 6) is 1.12. The second-order valence-corrected chi connectivity index (χ2v) is 4.83. The second kappa shape index (κ2) is 4.73. The van der Waals surface area contributed by atoms with E-state index in [4.69, 9.17) is 4.52 Å². The molecule has 0 fully saturated rings. The van der Waals surface area contributed by atoms with Gasteiger partial charge < -0.3 is 4.52 Å². The van der Waals surface area contributed by atoms with Crippen LogP contribution in [0.4, 0.5) is 4.39 Å². The number of nitrogens with zero attached hydrogens (tertiary/aromatic N) is 5. The van der Waals surface area contributed by atoms with Gasteiger partial charge in [-0.05, 0) is 37.3 Å².